The SMILES string of the molecule is O=C(NS(=O)(=O)c1cc2c(c([N+](=O)[O-])c1)CN(CC1CCOCC1)C2=O)c1ccc(N2CCN(CC3=C(c4ccc(Cl)cc4)CC4(CCC4)CC3)CC2)cc1N1CCCOc2nc3[nH]ccc3cc21. The van der Waals surface area contributed by atoms with Crippen molar-refractivity contribution < 1.29 is 32.4 Å². The van der Waals surface area contributed by atoms with Crippen molar-refractivity contribution in [3.05, 3.63) is 116 Å². The fourth-order valence-corrected chi connectivity index (χ4v) is 12.5. The highest BCUT2D eigenvalue weighted by Crippen LogP contribution is 2.55. The van der Waals surface area contributed by atoms with Crippen molar-refractivity contribution in [2.24, 2.45) is 11.3 Å². The van der Waals surface area contributed by atoms with Gasteiger partial charge < -0.3 is 29.2 Å². The minimum Gasteiger partial charge on any atom is -0.476 e. The van der Waals surface area contributed by atoms with E-state index in [2.05, 4.69) is 31.6 Å². The number of carbonyl (C=O) groups excluding carboxylic acids is 2. The average Bonchev–Trinajstić information content (AvgIpc) is 3.86. The van der Waals surface area contributed by atoms with Gasteiger partial charge in [0.1, 0.15) is 11.3 Å². The third kappa shape index (κ3) is 8.94. The predicted octanol–water partition coefficient (Wildman–Crippen LogP) is 8.48. The lowest BCUT2D eigenvalue weighted by Gasteiger charge is -2.47. The number of aromatic nitrogens is 2. The number of carbonyl (C=O) groups is 2. The second kappa shape index (κ2) is 18.4. The average molecular weight is 976 g/mol. The Kier molecular flexibility index (Phi) is 12.1. The van der Waals surface area contributed by atoms with Crippen molar-refractivity contribution in [3.8, 4) is 5.88 Å². The molecule has 1 saturated carbocycles. The van der Waals surface area contributed by atoms with E-state index in [1.165, 1.54) is 47.3 Å². The summed E-state index contributed by atoms with van der Waals surface area (Å²) in [5, 5.41) is 14.0. The van der Waals surface area contributed by atoms with Gasteiger partial charge in [0.05, 0.1) is 45.3 Å². The number of anilines is 3. The first-order chi connectivity index (χ1) is 33.4. The molecule has 2 saturated heterocycles. The van der Waals surface area contributed by atoms with Gasteiger partial charge in [0.2, 0.25) is 5.88 Å². The zero-order chi connectivity index (χ0) is 47.4. The summed E-state index contributed by atoms with van der Waals surface area (Å²) in [5.41, 5.74) is 6.96. The number of halogens is 1. The molecular formula is C51H55ClN8O8S. The molecule has 5 aromatic rings. The van der Waals surface area contributed by atoms with Gasteiger partial charge in [0.15, 0.2) is 0 Å². The molecule has 1 spiro atoms. The molecule has 2 aromatic heterocycles. The number of amides is 2. The van der Waals surface area contributed by atoms with E-state index in [-0.39, 0.29) is 29.2 Å². The standard InChI is InChI=1S/C51H55ClN8O8S/c52-37-5-3-34(4-6-37)42-29-51(13-1-14-51)15-9-36(42)31-56-18-20-57(21-19-56)38-7-8-40(44(26-38)59-17-2-22-68-49-46(59)25-35-10-16-53-47(35)54-49)48(61)55-69(65,66)39-27-41-43(45(28-39)60(63)64)32-58(50(41)62)30-33-11-23-67-24-12-33/h3-8,10,16,25-28,33H,1-2,9,11-15,17-24,29-32H2,(H,53,54)(H,55,61). The van der Waals surface area contributed by atoms with Crippen LogP contribution < -0.4 is 19.3 Å². The Balaban J connectivity index is 0.878. The molecule has 18 heteroatoms. The number of piperazine rings is 1. The monoisotopic (exact) mass is 974 g/mol. The van der Waals surface area contributed by atoms with Gasteiger partial charge >= 0.3 is 0 Å². The maximum atomic E-state index is 14.6. The van der Waals surface area contributed by atoms with Gasteiger partial charge in [-0.05, 0) is 122 Å². The van der Waals surface area contributed by atoms with Crippen LogP contribution in [0.15, 0.2) is 83.4 Å². The summed E-state index contributed by atoms with van der Waals surface area (Å²) in [6.45, 7) is 6.36. The lowest BCUT2D eigenvalue weighted by molar-refractivity contribution is -0.385. The minimum atomic E-state index is -4.74. The topological polar surface area (TPSA) is 184 Å². The largest absolute Gasteiger partial charge is 0.476 e. The van der Waals surface area contributed by atoms with E-state index in [9.17, 15) is 28.1 Å². The highest BCUT2D eigenvalue weighted by molar-refractivity contribution is 7.90. The van der Waals surface area contributed by atoms with Crippen LogP contribution in [0.3, 0.4) is 0 Å². The quantitative estimate of drug-likeness (QED) is 0.0953. The number of pyridine rings is 1. The summed E-state index contributed by atoms with van der Waals surface area (Å²) >= 11 is 6.32. The molecule has 3 fully saturated rings. The number of H-pyrrole nitrogens is 1. The van der Waals surface area contributed by atoms with Crippen molar-refractivity contribution in [2.45, 2.75) is 69.2 Å². The van der Waals surface area contributed by atoms with Gasteiger partial charge in [-0.2, -0.15) is 4.98 Å². The second-order valence-electron chi connectivity index (χ2n) is 19.6. The normalized spacial score (nSPS) is 19.8. The van der Waals surface area contributed by atoms with E-state index >= 15 is 0 Å². The van der Waals surface area contributed by atoms with Crippen molar-refractivity contribution >= 4 is 72.8 Å². The zero-order valence-corrected chi connectivity index (χ0v) is 40.0. The number of hydrogen-bond donors (Lipinski definition) is 2. The van der Waals surface area contributed by atoms with Gasteiger partial charge in [-0.1, -0.05) is 35.7 Å². The number of benzene rings is 3. The molecule has 2 aliphatic carbocycles. The van der Waals surface area contributed by atoms with Crippen molar-refractivity contribution in [1.82, 2.24) is 24.5 Å². The summed E-state index contributed by atoms with van der Waals surface area (Å²) in [4.78, 5) is 55.7. The number of sulfonamides is 1. The van der Waals surface area contributed by atoms with Crippen LogP contribution >= 0.6 is 11.6 Å². The van der Waals surface area contributed by atoms with E-state index < -0.39 is 37.3 Å². The van der Waals surface area contributed by atoms with E-state index in [1.807, 2.05) is 41.3 Å². The van der Waals surface area contributed by atoms with E-state index in [1.54, 1.807) is 12.3 Å². The molecule has 69 heavy (non-hydrogen) atoms. The van der Waals surface area contributed by atoms with Crippen LogP contribution in [0.4, 0.5) is 22.7 Å². The summed E-state index contributed by atoms with van der Waals surface area (Å²) in [5.74, 6) is -0.876. The molecule has 360 valence electrons. The van der Waals surface area contributed by atoms with Crippen molar-refractivity contribution in [1.29, 1.82) is 0 Å². The Morgan fingerprint density at radius 3 is 2.49 bits per heavy atom. The molecule has 0 bridgehead atoms. The zero-order valence-electron chi connectivity index (χ0n) is 38.4. The van der Waals surface area contributed by atoms with Gasteiger partial charge in [-0.15, -0.1) is 0 Å². The van der Waals surface area contributed by atoms with Crippen LogP contribution in [-0.2, 0) is 21.3 Å². The van der Waals surface area contributed by atoms with Gasteiger partial charge in [-0.3, -0.25) is 24.6 Å². The van der Waals surface area contributed by atoms with Crippen LogP contribution in [0.2, 0.25) is 5.02 Å². The summed E-state index contributed by atoms with van der Waals surface area (Å²) in [6, 6.07) is 19.7. The Bertz CT molecular complexity index is 3000. The highest BCUT2D eigenvalue weighted by Gasteiger charge is 2.41. The Hall–Kier alpha value is -6.01. The maximum Gasteiger partial charge on any atom is 0.276 e. The van der Waals surface area contributed by atoms with Gasteiger partial charge in [0.25, 0.3) is 27.5 Å². The molecule has 6 heterocycles. The second-order valence-corrected chi connectivity index (χ2v) is 21.7. The molecule has 2 amide bonds. The molecule has 0 radical (unpaired) electrons. The van der Waals surface area contributed by atoms with Crippen LogP contribution in [0, 0.1) is 21.4 Å². The molecule has 4 aliphatic heterocycles. The van der Waals surface area contributed by atoms with Crippen LogP contribution in [0.5, 0.6) is 5.88 Å². The minimum absolute atomic E-state index is 0.00582. The molecular weight excluding hydrogens is 920 g/mol. The number of nitro groups is 1. The summed E-state index contributed by atoms with van der Waals surface area (Å²) < 4.78 is 42.3. The first kappa shape index (κ1) is 45.4. The number of fused-ring (bicyclic) bond motifs is 3. The van der Waals surface area contributed by atoms with Crippen LogP contribution in [-0.4, -0.2) is 111 Å². The molecule has 6 aliphatic rings. The number of nitro benzene ring substituents is 1. The fraction of sp³-hybridized carbons (Fsp3) is 0.431. The number of allylic oxidation sites excluding steroid dienone is 1. The lowest BCUT2D eigenvalue weighted by atomic mass is 9.59. The van der Waals surface area contributed by atoms with E-state index in [4.69, 9.17) is 26.1 Å². The van der Waals surface area contributed by atoms with Gasteiger partial charge in [0, 0.05) is 87.4 Å². The lowest BCUT2D eigenvalue weighted by Crippen LogP contribution is -2.47. The van der Waals surface area contributed by atoms with E-state index in [0.717, 1.165) is 86.6 Å². The van der Waals surface area contributed by atoms with Crippen LogP contribution in [0.25, 0.3) is 16.6 Å². The van der Waals surface area contributed by atoms with Crippen molar-refractivity contribution in [3.63, 3.8) is 0 Å². The van der Waals surface area contributed by atoms with Gasteiger partial charge in [-0.25, -0.2) is 13.1 Å². The number of rotatable bonds is 11. The predicted molar refractivity (Wildman–Crippen MR) is 263 cm³/mol. The van der Waals surface area contributed by atoms with Crippen LogP contribution in [0.1, 0.15) is 89.6 Å². The fourth-order valence-electron chi connectivity index (χ4n) is 11.3. The Morgan fingerprint density at radius 2 is 1.74 bits per heavy atom. The highest BCUT2D eigenvalue weighted by atomic mass is 35.5. The number of nitrogens with one attached hydrogen (secondary N) is 2. The van der Waals surface area contributed by atoms with E-state index in [0.29, 0.717) is 67.6 Å². The molecule has 3 aromatic carbocycles. The number of ether oxygens (including phenoxy) is 2. The molecule has 0 unspecified atom stereocenters. The third-order valence-electron chi connectivity index (χ3n) is 15.4. The first-order valence-electron chi connectivity index (χ1n) is 24.1. The molecule has 2 N–H and O–H groups in total. The third-order valence-corrected chi connectivity index (χ3v) is 16.9. The number of hydrogen-bond acceptors (Lipinski definition) is 12. The Morgan fingerprint density at radius 1 is 0.942 bits per heavy atom. The number of nitrogens with zero attached hydrogens (tertiary/aromatic N) is 6. The molecule has 16 nitrogen and oxygen atoms in total. The first-order valence-corrected chi connectivity index (χ1v) is 26.0. The summed E-state index contributed by atoms with van der Waals surface area (Å²) in [6.07, 6.45) is 11.2. The number of aromatic amines is 1. The summed E-state index contributed by atoms with van der Waals surface area (Å²) in [7, 11) is -4.74. The van der Waals surface area contributed by atoms with Crippen molar-refractivity contribution in [2.75, 3.05) is 75.4 Å². The smallest absolute Gasteiger partial charge is 0.276 e. The maximum absolute atomic E-state index is 14.6. The molecule has 11 rings (SSSR count). The molecule has 0 atom stereocenters. The Labute approximate surface area is 405 Å².